The third-order valence-electron chi connectivity index (χ3n) is 3.36. The first-order valence-corrected chi connectivity index (χ1v) is 6.87. The number of likely N-dealkylation sites (N-methyl/N-ethyl adjacent to an activating group) is 1. The molecule has 0 spiro atoms. The third-order valence-corrected chi connectivity index (χ3v) is 3.36. The molecule has 0 amide bonds. The SMILES string of the molecule is CNc1cc(N(C)CC2CCCCO2)nc(C(F)(F)F)n1. The minimum Gasteiger partial charge on any atom is -0.376 e. The molecular weight excluding hydrogens is 285 g/mol. The molecule has 1 unspecified atom stereocenters. The van der Waals surface area contributed by atoms with Crippen molar-refractivity contribution in [1.82, 2.24) is 9.97 Å². The molecule has 0 aliphatic carbocycles. The summed E-state index contributed by atoms with van der Waals surface area (Å²) in [6, 6.07) is 1.50. The summed E-state index contributed by atoms with van der Waals surface area (Å²) in [4.78, 5) is 8.73. The summed E-state index contributed by atoms with van der Waals surface area (Å²) in [5.41, 5.74) is 0. The molecule has 8 heteroatoms. The number of nitrogens with one attached hydrogen (secondary N) is 1. The maximum absolute atomic E-state index is 12.8. The number of hydrogen-bond donors (Lipinski definition) is 1. The van der Waals surface area contributed by atoms with E-state index < -0.39 is 12.0 Å². The smallest absolute Gasteiger partial charge is 0.376 e. The van der Waals surface area contributed by atoms with E-state index in [1.54, 1.807) is 11.9 Å². The van der Waals surface area contributed by atoms with Crippen molar-refractivity contribution in [3.05, 3.63) is 11.9 Å². The zero-order valence-corrected chi connectivity index (χ0v) is 12.1. The zero-order valence-electron chi connectivity index (χ0n) is 12.1. The van der Waals surface area contributed by atoms with Crippen LogP contribution in [-0.4, -0.2) is 43.3 Å². The summed E-state index contributed by atoms with van der Waals surface area (Å²) in [6.07, 6.45) is -1.50. The molecule has 1 atom stereocenters. The van der Waals surface area contributed by atoms with Gasteiger partial charge in [-0.3, -0.25) is 0 Å². The highest BCUT2D eigenvalue weighted by Crippen LogP contribution is 2.29. The fourth-order valence-electron chi connectivity index (χ4n) is 2.24. The first-order valence-electron chi connectivity index (χ1n) is 6.87. The van der Waals surface area contributed by atoms with Crippen molar-refractivity contribution in [3.8, 4) is 0 Å². The number of hydrogen-bond acceptors (Lipinski definition) is 5. The molecule has 0 bridgehead atoms. The van der Waals surface area contributed by atoms with Gasteiger partial charge in [0.15, 0.2) is 0 Å². The second-order valence-electron chi connectivity index (χ2n) is 5.05. The number of alkyl halides is 3. The van der Waals surface area contributed by atoms with Gasteiger partial charge in [0.25, 0.3) is 0 Å². The Morgan fingerprint density at radius 1 is 1.38 bits per heavy atom. The predicted molar refractivity (Wildman–Crippen MR) is 73.4 cm³/mol. The van der Waals surface area contributed by atoms with Gasteiger partial charge in [-0.25, -0.2) is 9.97 Å². The van der Waals surface area contributed by atoms with E-state index in [9.17, 15) is 13.2 Å². The molecule has 118 valence electrons. The first kappa shape index (κ1) is 15.8. The molecule has 1 saturated heterocycles. The Balaban J connectivity index is 2.17. The number of aromatic nitrogens is 2. The topological polar surface area (TPSA) is 50.3 Å². The molecule has 2 heterocycles. The maximum Gasteiger partial charge on any atom is 0.451 e. The largest absolute Gasteiger partial charge is 0.451 e. The number of rotatable bonds is 4. The van der Waals surface area contributed by atoms with E-state index in [1.165, 1.54) is 13.1 Å². The van der Waals surface area contributed by atoms with E-state index >= 15 is 0 Å². The fraction of sp³-hybridized carbons (Fsp3) is 0.692. The van der Waals surface area contributed by atoms with E-state index in [1.807, 2.05) is 0 Å². The Labute approximate surface area is 121 Å². The van der Waals surface area contributed by atoms with Crippen LogP contribution in [0, 0.1) is 0 Å². The van der Waals surface area contributed by atoms with Crippen molar-refractivity contribution in [2.24, 2.45) is 0 Å². The minimum absolute atomic E-state index is 0.0334. The van der Waals surface area contributed by atoms with Gasteiger partial charge in [-0.05, 0) is 19.3 Å². The minimum atomic E-state index is -4.57. The molecular formula is C13H19F3N4O. The highest BCUT2D eigenvalue weighted by Gasteiger charge is 2.35. The number of nitrogens with zero attached hydrogens (tertiary/aromatic N) is 3. The Morgan fingerprint density at radius 2 is 2.14 bits per heavy atom. The van der Waals surface area contributed by atoms with Gasteiger partial charge in [0.05, 0.1) is 6.10 Å². The van der Waals surface area contributed by atoms with E-state index in [-0.39, 0.29) is 17.7 Å². The Hall–Kier alpha value is -1.57. The second kappa shape index (κ2) is 6.46. The number of halogens is 3. The van der Waals surface area contributed by atoms with Crippen molar-refractivity contribution >= 4 is 11.6 Å². The van der Waals surface area contributed by atoms with Crippen LogP contribution in [0.5, 0.6) is 0 Å². The summed E-state index contributed by atoms with van der Waals surface area (Å²) in [7, 11) is 3.23. The monoisotopic (exact) mass is 304 g/mol. The van der Waals surface area contributed by atoms with E-state index in [4.69, 9.17) is 4.74 Å². The van der Waals surface area contributed by atoms with Crippen molar-refractivity contribution in [2.45, 2.75) is 31.5 Å². The molecule has 1 aromatic heterocycles. The Bertz CT molecular complexity index is 475. The van der Waals surface area contributed by atoms with Crippen molar-refractivity contribution < 1.29 is 17.9 Å². The predicted octanol–water partition coefficient (Wildman–Crippen LogP) is 2.54. The fourth-order valence-corrected chi connectivity index (χ4v) is 2.24. The standard InChI is InChI=1S/C13H19F3N4O/c1-17-10-7-11(19-12(18-10)13(14,15)16)20(2)8-9-5-3-4-6-21-9/h7,9H,3-6,8H2,1-2H3,(H,17,18,19). The van der Waals surface area contributed by atoms with Gasteiger partial charge >= 0.3 is 6.18 Å². The lowest BCUT2D eigenvalue weighted by Crippen LogP contribution is -2.34. The van der Waals surface area contributed by atoms with Crippen molar-refractivity contribution in [2.75, 3.05) is 37.5 Å². The summed E-state index contributed by atoms with van der Waals surface area (Å²) < 4.78 is 44.0. The van der Waals surface area contributed by atoms with Gasteiger partial charge < -0.3 is 15.0 Å². The molecule has 0 saturated carbocycles. The summed E-state index contributed by atoms with van der Waals surface area (Å²) >= 11 is 0. The van der Waals surface area contributed by atoms with Crippen LogP contribution in [0.15, 0.2) is 6.07 Å². The molecule has 1 aliphatic heterocycles. The van der Waals surface area contributed by atoms with Crippen LogP contribution in [0.2, 0.25) is 0 Å². The van der Waals surface area contributed by atoms with Gasteiger partial charge in [0, 0.05) is 33.3 Å². The lowest BCUT2D eigenvalue weighted by molar-refractivity contribution is -0.144. The summed E-state index contributed by atoms with van der Waals surface area (Å²) in [5.74, 6) is -0.764. The number of anilines is 2. The molecule has 2 rings (SSSR count). The third kappa shape index (κ3) is 4.20. The van der Waals surface area contributed by atoms with Crippen molar-refractivity contribution in [3.63, 3.8) is 0 Å². The van der Waals surface area contributed by atoms with Crippen LogP contribution in [0.1, 0.15) is 25.1 Å². The quantitative estimate of drug-likeness (QED) is 0.926. The Kier molecular flexibility index (Phi) is 4.87. The maximum atomic E-state index is 12.8. The first-order chi connectivity index (χ1) is 9.90. The van der Waals surface area contributed by atoms with E-state index in [0.717, 1.165) is 19.3 Å². The summed E-state index contributed by atoms with van der Waals surface area (Å²) in [5, 5.41) is 2.63. The van der Waals surface area contributed by atoms with Crippen LogP contribution >= 0.6 is 0 Å². The lowest BCUT2D eigenvalue weighted by Gasteiger charge is -2.28. The van der Waals surface area contributed by atoms with E-state index in [2.05, 4.69) is 15.3 Å². The van der Waals surface area contributed by atoms with Gasteiger partial charge in [0.1, 0.15) is 11.6 Å². The van der Waals surface area contributed by atoms with Crippen LogP contribution in [0.3, 0.4) is 0 Å². The number of ether oxygens (including phenoxy) is 1. The highest BCUT2D eigenvalue weighted by molar-refractivity contribution is 5.49. The summed E-state index contributed by atoms with van der Waals surface area (Å²) in [6.45, 7) is 1.22. The lowest BCUT2D eigenvalue weighted by atomic mass is 10.1. The molecule has 1 aliphatic rings. The van der Waals surface area contributed by atoms with E-state index in [0.29, 0.717) is 13.2 Å². The Morgan fingerprint density at radius 3 is 2.71 bits per heavy atom. The van der Waals surface area contributed by atoms with Crippen LogP contribution in [-0.2, 0) is 10.9 Å². The molecule has 1 N–H and O–H groups in total. The average molecular weight is 304 g/mol. The van der Waals surface area contributed by atoms with Gasteiger partial charge in [0.2, 0.25) is 5.82 Å². The van der Waals surface area contributed by atoms with Gasteiger partial charge in [-0.1, -0.05) is 0 Å². The second-order valence-corrected chi connectivity index (χ2v) is 5.05. The van der Waals surface area contributed by atoms with Crippen molar-refractivity contribution in [1.29, 1.82) is 0 Å². The van der Waals surface area contributed by atoms with Crippen LogP contribution in [0.4, 0.5) is 24.8 Å². The van der Waals surface area contributed by atoms with Gasteiger partial charge in [-0.15, -0.1) is 0 Å². The van der Waals surface area contributed by atoms with Crippen LogP contribution in [0.25, 0.3) is 0 Å². The average Bonchev–Trinajstić information content (AvgIpc) is 2.46. The van der Waals surface area contributed by atoms with Gasteiger partial charge in [-0.2, -0.15) is 13.2 Å². The highest BCUT2D eigenvalue weighted by atomic mass is 19.4. The molecule has 0 radical (unpaired) electrons. The zero-order chi connectivity index (χ0) is 15.5. The molecule has 0 aromatic carbocycles. The molecule has 5 nitrogen and oxygen atoms in total. The molecule has 21 heavy (non-hydrogen) atoms. The normalized spacial score (nSPS) is 19.4. The van der Waals surface area contributed by atoms with Crippen LogP contribution < -0.4 is 10.2 Å². The molecule has 1 fully saturated rings. The molecule has 1 aromatic rings.